The fraction of sp³-hybridized carbons (Fsp3) is 0.467. The number of carbonyl (C=O) groups is 2. The SMILES string of the molecule is CC1CCCC1CNC(=O)c1cc(F)c(F)cc1C(=O)O. The summed E-state index contributed by atoms with van der Waals surface area (Å²) in [4.78, 5) is 23.1. The number of nitrogens with one attached hydrogen (secondary N) is 1. The molecule has 1 aromatic carbocycles. The number of carbonyl (C=O) groups excluding carboxylic acids is 1. The van der Waals surface area contributed by atoms with E-state index in [4.69, 9.17) is 5.11 Å². The fourth-order valence-electron chi connectivity index (χ4n) is 2.76. The number of benzene rings is 1. The predicted molar refractivity (Wildman–Crippen MR) is 72.2 cm³/mol. The van der Waals surface area contributed by atoms with Gasteiger partial charge in [-0.05, 0) is 30.4 Å². The molecule has 6 heteroatoms. The van der Waals surface area contributed by atoms with Gasteiger partial charge in [0, 0.05) is 6.54 Å². The largest absolute Gasteiger partial charge is 0.478 e. The van der Waals surface area contributed by atoms with Gasteiger partial charge < -0.3 is 10.4 Å². The van der Waals surface area contributed by atoms with Crippen LogP contribution in [0.15, 0.2) is 12.1 Å². The molecule has 2 rings (SSSR count). The van der Waals surface area contributed by atoms with E-state index in [0.717, 1.165) is 19.3 Å². The Morgan fingerprint density at radius 3 is 2.38 bits per heavy atom. The summed E-state index contributed by atoms with van der Waals surface area (Å²) in [5.74, 6) is -3.84. The zero-order valence-corrected chi connectivity index (χ0v) is 11.7. The Kier molecular flexibility index (Phi) is 4.55. The summed E-state index contributed by atoms with van der Waals surface area (Å²) in [5, 5.41) is 11.6. The highest BCUT2D eigenvalue weighted by Crippen LogP contribution is 2.30. The van der Waals surface area contributed by atoms with Gasteiger partial charge in [0.15, 0.2) is 11.6 Å². The Morgan fingerprint density at radius 1 is 1.24 bits per heavy atom. The minimum Gasteiger partial charge on any atom is -0.478 e. The van der Waals surface area contributed by atoms with Crippen LogP contribution in [0.25, 0.3) is 0 Å². The zero-order chi connectivity index (χ0) is 15.6. The molecule has 0 aromatic heterocycles. The number of carboxylic acid groups (broad SMARTS) is 1. The standard InChI is InChI=1S/C15H17F2NO3/c1-8-3-2-4-9(8)7-18-14(19)10-5-12(16)13(17)6-11(10)15(20)21/h5-6,8-9H,2-4,7H2,1H3,(H,18,19)(H,20,21). The van der Waals surface area contributed by atoms with Crippen molar-refractivity contribution in [3.05, 3.63) is 34.9 Å². The molecule has 2 atom stereocenters. The molecule has 2 N–H and O–H groups in total. The van der Waals surface area contributed by atoms with Crippen molar-refractivity contribution in [1.29, 1.82) is 0 Å². The summed E-state index contributed by atoms with van der Waals surface area (Å²) >= 11 is 0. The van der Waals surface area contributed by atoms with Crippen molar-refractivity contribution in [2.75, 3.05) is 6.54 Å². The summed E-state index contributed by atoms with van der Waals surface area (Å²) in [6.07, 6.45) is 3.21. The molecule has 4 nitrogen and oxygen atoms in total. The normalized spacial score (nSPS) is 21.3. The van der Waals surface area contributed by atoms with Crippen LogP contribution in [0.2, 0.25) is 0 Å². The first-order valence-corrected chi connectivity index (χ1v) is 6.90. The van der Waals surface area contributed by atoms with Gasteiger partial charge in [-0.3, -0.25) is 4.79 Å². The van der Waals surface area contributed by atoms with Gasteiger partial charge in [0.05, 0.1) is 11.1 Å². The molecule has 1 fully saturated rings. The first kappa shape index (κ1) is 15.4. The first-order chi connectivity index (χ1) is 9.90. The summed E-state index contributed by atoms with van der Waals surface area (Å²) in [6, 6.07) is 1.16. The van der Waals surface area contributed by atoms with Gasteiger partial charge in [0.1, 0.15) is 0 Å². The monoisotopic (exact) mass is 297 g/mol. The minimum atomic E-state index is -1.46. The maximum Gasteiger partial charge on any atom is 0.336 e. The molecular formula is C15H17F2NO3. The molecule has 2 unspecified atom stereocenters. The van der Waals surface area contributed by atoms with E-state index in [1.165, 1.54) is 0 Å². The number of hydrogen-bond acceptors (Lipinski definition) is 2. The molecule has 0 saturated heterocycles. The number of amides is 1. The second kappa shape index (κ2) is 6.20. The maximum atomic E-state index is 13.2. The first-order valence-electron chi connectivity index (χ1n) is 6.90. The number of aromatic carboxylic acids is 1. The van der Waals surface area contributed by atoms with Crippen molar-refractivity contribution >= 4 is 11.9 Å². The van der Waals surface area contributed by atoms with E-state index in [1.807, 2.05) is 0 Å². The average Bonchev–Trinajstić information content (AvgIpc) is 2.84. The molecule has 1 aliphatic carbocycles. The lowest BCUT2D eigenvalue weighted by Crippen LogP contribution is -2.31. The van der Waals surface area contributed by atoms with Gasteiger partial charge in [-0.2, -0.15) is 0 Å². The minimum absolute atomic E-state index is 0.340. The van der Waals surface area contributed by atoms with Gasteiger partial charge in [0.25, 0.3) is 5.91 Å². The molecule has 0 spiro atoms. The van der Waals surface area contributed by atoms with Crippen molar-refractivity contribution < 1.29 is 23.5 Å². The topological polar surface area (TPSA) is 66.4 Å². The quantitative estimate of drug-likeness (QED) is 0.898. The molecule has 1 amide bonds. The van der Waals surface area contributed by atoms with Gasteiger partial charge in [-0.1, -0.05) is 19.8 Å². The van der Waals surface area contributed by atoms with Crippen LogP contribution in [0.5, 0.6) is 0 Å². The molecule has 1 saturated carbocycles. The van der Waals surface area contributed by atoms with Crippen LogP contribution in [-0.2, 0) is 0 Å². The highest BCUT2D eigenvalue weighted by molar-refractivity contribution is 6.04. The molecule has 21 heavy (non-hydrogen) atoms. The number of rotatable bonds is 4. The van der Waals surface area contributed by atoms with E-state index in [0.29, 0.717) is 30.5 Å². The highest BCUT2D eigenvalue weighted by atomic mass is 19.2. The van der Waals surface area contributed by atoms with Crippen LogP contribution < -0.4 is 5.32 Å². The van der Waals surface area contributed by atoms with E-state index in [-0.39, 0.29) is 5.56 Å². The summed E-state index contributed by atoms with van der Waals surface area (Å²) in [7, 11) is 0. The van der Waals surface area contributed by atoms with E-state index < -0.39 is 29.1 Å². The van der Waals surface area contributed by atoms with Crippen LogP contribution >= 0.6 is 0 Å². The molecule has 114 valence electrons. The van der Waals surface area contributed by atoms with Crippen LogP contribution in [0.3, 0.4) is 0 Å². The smallest absolute Gasteiger partial charge is 0.336 e. The molecule has 0 radical (unpaired) electrons. The van der Waals surface area contributed by atoms with Crippen molar-refractivity contribution in [3.8, 4) is 0 Å². The van der Waals surface area contributed by atoms with Crippen molar-refractivity contribution in [1.82, 2.24) is 5.32 Å². The molecule has 0 heterocycles. The Morgan fingerprint density at radius 2 is 1.86 bits per heavy atom. The highest BCUT2D eigenvalue weighted by Gasteiger charge is 2.25. The fourth-order valence-corrected chi connectivity index (χ4v) is 2.76. The van der Waals surface area contributed by atoms with Crippen molar-refractivity contribution in [2.24, 2.45) is 11.8 Å². The molecule has 1 aliphatic rings. The van der Waals surface area contributed by atoms with Crippen molar-refractivity contribution in [2.45, 2.75) is 26.2 Å². The Bertz CT molecular complexity index is 574. The lowest BCUT2D eigenvalue weighted by atomic mass is 9.98. The summed E-state index contributed by atoms with van der Waals surface area (Å²) < 4.78 is 26.3. The predicted octanol–water partition coefficient (Wildman–Crippen LogP) is 2.83. The van der Waals surface area contributed by atoms with Crippen LogP contribution in [0.1, 0.15) is 46.9 Å². The van der Waals surface area contributed by atoms with E-state index >= 15 is 0 Å². The van der Waals surface area contributed by atoms with Gasteiger partial charge in [-0.25, -0.2) is 13.6 Å². The second-order valence-electron chi connectivity index (χ2n) is 5.50. The summed E-state index contributed by atoms with van der Waals surface area (Å²) in [5.41, 5.74) is -0.891. The lowest BCUT2D eigenvalue weighted by molar-refractivity contribution is 0.0690. The van der Waals surface area contributed by atoms with Crippen LogP contribution in [0, 0.1) is 23.5 Å². The third kappa shape index (κ3) is 3.37. The van der Waals surface area contributed by atoms with Gasteiger partial charge in [0.2, 0.25) is 0 Å². The third-order valence-corrected chi connectivity index (χ3v) is 4.10. The lowest BCUT2D eigenvalue weighted by Gasteiger charge is -2.16. The van der Waals surface area contributed by atoms with Crippen molar-refractivity contribution in [3.63, 3.8) is 0 Å². The van der Waals surface area contributed by atoms with E-state index in [1.54, 1.807) is 0 Å². The molecule has 0 aliphatic heterocycles. The maximum absolute atomic E-state index is 13.2. The van der Waals surface area contributed by atoms with Gasteiger partial charge in [-0.15, -0.1) is 0 Å². The number of hydrogen-bond donors (Lipinski definition) is 2. The number of halogens is 2. The Hall–Kier alpha value is -1.98. The molecule has 1 aromatic rings. The zero-order valence-electron chi connectivity index (χ0n) is 11.7. The Balaban J connectivity index is 2.14. The second-order valence-corrected chi connectivity index (χ2v) is 5.50. The molecular weight excluding hydrogens is 280 g/mol. The van der Waals surface area contributed by atoms with E-state index in [9.17, 15) is 18.4 Å². The Labute approximate surface area is 121 Å². The van der Waals surface area contributed by atoms with Gasteiger partial charge >= 0.3 is 5.97 Å². The number of carboxylic acids is 1. The average molecular weight is 297 g/mol. The molecule has 0 bridgehead atoms. The van der Waals surface area contributed by atoms with Crippen LogP contribution in [-0.4, -0.2) is 23.5 Å². The van der Waals surface area contributed by atoms with E-state index in [2.05, 4.69) is 12.2 Å². The third-order valence-electron chi connectivity index (χ3n) is 4.10. The summed E-state index contributed by atoms with van der Waals surface area (Å²) in [6.45, 7) is 2.52. The van der Waals surface area contributed by atoms with Crippen LogP contribution in [0.4, 0.5) is 8.78 Å².